The largest absolute Gasteiger partial charge is 0.310 e. The van der Waals surface area contributed by atoms with Crippen LogP contribution in [0.15, 0.2) is 18.5 Å². The molecule has 2 bridgehead atoms. The van der Waals surface area contributed by atoms with Crippen molar-refractivity contribution in [3.05, 3.63) is 24.3 Å². The Hall–Kier alpha value is -0.960. The molecule has 1 N–H and O–H groups in total. The summed E-state index contributed by atoms with van der Waals surface area (Å²) in [6.45, 7) is 1.97. The molecule has 1 aromatic rings. The van der Waals surface area contributed by atoms with Crippen molar-refractivity contribution in [2.24, 2.45) is 17.8 Å². The lowest BCUT2D eigenvalue weighted by molar-refractivity contribution is 0.317. The Kier molecular flexibility index (Phi) is 2.87. The van der Waals surface area contributed by atoms with E-state index in [9.17, 15) is 0 Å². The molecule has 0 amide bonds. The third-order valence-corrected chi connectivity index (χ3v) is 4.19. The van der Waals surface area contributed by atoms with Gasteiger partial charge in [0.2, 0.25) is 0 Å². The molecular formula is C13H19N3. The lowest BCUT2D eigenvalue weighted by Crippen LogP contribution is -2.26. The second kappa shape index (κ2) is 4.50. The predicted octanol–water partition coefficient (Wildman–Crippen LogP) is 2.00. The van der Waals surface area contributed by atoms with E-state index in [1.807, 2.05) is 18.5 Å². The fourth-order valence-corrected chi connectivity index (χ4v) is 3.42. The molecule has 3 atom stereocenters. The Labute approximate surface area is 96.7 Å². The van der Waals surface area contributed by atoms with Crippen molar-refractivity contribution >= 4 is 0 Å². The van der Waals surface area contributed by atoms with Gasteiger partial charge < -0.3 is 5.32 Å². The van der Waals surface area contributed by atoms with Gasteiger partial charge in [0, 0.05) is 12.4 Å². The molecule has 86 valence electrons. The van der Waals surface area contributed by atoms with E-state index in [-0.39, 0.29) is 0 Å². The van der Waals surface area contributed by atoms with Crippen LogP contribution >= 0.6 is 0 Å². The molecule has 3 unspecified atom stereocenters. The average molecular weight is 217 g/mol. The summed E-state index contributed by atoms with van der Waals surface area (Å²) < 4.78 is 0. The molecule has 3 rings (SSSR count). The lowest BCUT2D eigenvalue weighted by atomic mass is 9.89. The first-order chi connectivity index (χ1) is 7.92. The fraction of sp³-hybridized carbons (Fsp3) is 0.692. The van der Waals surface area contributed by atoms with Crippen LogP contribution in [-0.4, -0.2) is 16.5 Å². The molecule has 0 spiro atoms. The van der Waals surface area contributed by atoms with Crippen molar-refractivity contribution in [3.8, 4) is 0 Å². The summed E-state index contributed by atoms with van der Waals surface area (Å²) >= 11 is 0. The van der Waals surface area contributed by atoms with Gasteiger partial charge in [0.25, 0.3) is 0 Å². The first-order valence-corrected chi connectivity index (χ1v) is 6.38. The maximum Gasteiger partial charge on any atom is 0.141 e. The van der Waals surface area contributed by atoms with Gasteiger partial charge in [-0.2, -0.15) is 0 Å². The van der Waals surface area contributed by atoms with E-state index in [1.165, 1.54) is 25.7 Å². The van der Waals surface area contributed by atoms with Gasteiger partial charge in [-0.25, -0.2) is 9.97 Å². The number of rotatable bonds is 4. The number of nitrogens with zero attached hydrogens (tertiary/aromatic N) is 2. The van der Waals surface area contributed by atoms with E-state index < -0.39 is 0 Å². The van der Waals surface area contributed by atoms with Crippen LogP contribution in [0.2, 0.25) is 0 Å². The Morgan fingerprint density at radius 2 is 2.06 bits per heavy atom. The minimum absolute atomic E-state index is 0.814. The predicted molar refractivity (Wildman–Crippen MR) is 62.7 cm³/mol. The zero-order valence-electron chi connectivity index (χ0n) is 9.60. The second-order valence-electron chi connectivity index (χ2n) is 5.23. The van der Waals surface area contributed by atoms with Gasteiger partial charge in [-0.15, -0.1) is 0 Å². The highest BCUT2D eigenvalue weighted by atomic mass is 15.0. The van der Waals surface area contributed by atoms with Crippen molar-refractivity contribution in [2.45, 2.75) is 32.2 Å². The Morgan fingerprint density at radius 3 is 2.75 bits per heavy atom. The third kappa shape index (κ3) is 2.09. The lowest BCUT2D eigenvalue weighted by Gasteiger charge is -2.21. The summed E-state index contributed by atoms with van der Waals surface area (Å²) in [7, 11) is 0. The van der Waals surface area contributed by atoms with Crippen molar-refractivity contribution in [2.75, 3.05) is 6.54 Å². The number of fused-ring (bicyclic) bond motifs is 2. The van der Waals surface area contributed by atoms with Crippen molar-refractivity contribution < 1.29 is 0 Å². The Morgan fingerprint density at radius 1 is 1.19 bits per heavy atom. The maximum atomic E-state index is 4.22. The van der Waals surface area contributed by atoms with Crippen LogP contribution in [-0.2, 0) is 6.54 Å². The zero-order valence-corrected chi connectivity index (χ0v) is 9.60. The number of nitrogens with one attached hydrogen (secondary N) is 1. The van der Waals surface area contributed by atoms with Crippen LogP contribution in [0.1, 0.15) is 31.5 Å². The molecule has 0 radical (unpaired) electrons. The minimum atomic E-state index is 0.814. The summed E-state index contributed by atoms with van der Waals surface area (Å²) in [6.07, 6.45) is 9.52. The summed E-state index contributed by atoms with van der Waals surface area (Å²) in [5, 5.41) is 3.50. The van der Waals surface area contributed by atoms with Gasteiger partial charge in [-0.1, -0.05) is 6.42 Å². The smallest absolute Gasteiger partial charge is 0.141 e. The van der Waals surface area contributed by atoms with E-state index in [0.717, 1.165) is 36.7 Å². The van der Waals surface area contributed by atoms with Crippen LogP contribution in [0.3, 0.4) is 0 Å². The number of hydrogen-bond acceptors (Lipinski definition) is 3. The van der Waals surface area contributed by atoms with Crippen molar-refractivity contribution in [1.29, 1.82) is 0 Å². The monoisotopic (exact) mass is 217 g/mol. The van der Waals surface area contributed by atoms with Crippen LogP contribution < -0.4 is 5.32 Å². The first kappa shape index (κ1) is 10.2. The molecule has 1 heterocycles. The van der Waals surface area contributed by atoms with E-state index in [2.05, 4.69) is 15.3 Å². The molecular weight excluding hydrogens is 198 g/mol. The quantitative estimate of drug-likeness (QED) is 0.838. The minimum Gasteiger partial charge on any atom is -0.310 e. The van der Waals surface area contributed by atoms with Gasteiger partial charge in [-0.05, 0) is 49.6 Å². The van der Waals surface area contributed by atoms with Crippen LogP contribution in [0.25, 0.3) is 0 Å². The molecule has 0 saturated heterocycles. The Balaban J connectivity index is 1.44. The average Bonchev–Trinajstić information content (AvgIpc) is 2.92. The first-order valence-electron chi connectivity index (χ1n) is 6.38. The highest BCUT2D eigenvalue weighted by molar-refractivity contribution is 4.92. The number of hydrogen-bond donors (Lipinski definition) is 1. The van der Waals surface area contributed by atoms with Crippen LogP contribution in [0.4, 0.5) is 0 Å². The molecule has 2 fully saturated rings. The molecule has 0 aromatic carbocycles. The normalized spacial score (nSPS) is 32.1. The molecule has 2 saturated carbocycles. The highest BCUT2D eigenvalue weighted by Crippen LogP contribution is 2.47. The molecule has 2 aliphatic rings. The molecule has 0 aliphatic heterocycles. The summed E-state index contributed by atoms with van der Waals surface area (Å²) in [5.41, 5.74) is 0. The SMILES string of the molecule is c1cnc(CNCC2CC3CCC2C3)nc1. The van der Waals surface area contributed by atoms with Gasteiger partial charge in [0.15, 0.2) is 0 Å². The van der Waals surface area contributed by atoms with Crippen molar-refractivity contribution in [1.82, 2.24) is 15.3 Å². The maximum absolute atomic E-state index is 4.22. The van der Waals surface area contributed by atoms with E-state index in [0.29, 0.717) is 0 Å². The summed E-state index contributed by atoms with van der Waals surface area (Å²) in [6, 6.07) is 1.86. The van der Waals surface area contributed by atoms with Gasteiger partial charge in [-0.3, -0.25) is 0 Å². The highest BCUT2D eigenvalue weighted by Gasteiger charge is 2.38. The summed E-state index contributed by atoms with van der Waals surface area (Å²) in [4.78, 5) is 8.43. The molecule has 3 heteroatoms. The fourth-order valence-electron chi connectivity index (χ4n) is 3.42. The molecule has 16 heavy (non-hydrogen) atoms. The van der Waals surface area contributed by atoms with Gasteiger partial charge in [0.05, 0.1) is 6.54 Å². The van der Waals surface area contributed by atoms with E-state index in [4.69, 9.17) is 0 Å². The van der Waals surface area contributed by atoms with Gasteiger partial charge in [0.1, 0.15) is 5.82 Å². The molecule has 2 aliphatic carbocycles. The standard InChI is InChI=1S/C13H19N3/c1-4-15-13(16-5-1)9-14-8-12-7-10-2-3-11(12)6-10/h1,4-5,10-12,14H,2-3,6-9H2. The third-order valence-electron chi connectivity index (χ3n) is 4.19. The molecule has 1 aromatic heterocycles. The number of aromatic nitrogens is 2. The van der Waals surface area contributed by atoms with Crippen molar-refractivity contribution in [3.63, 3.8) is 0 Å². The van der Waals surface area contributed by atoms with E-state index in [1.54, 1.807) is 0 Å². The Bertz CT molecular complexity index is 338. The van der Waals surface area contributed by atoms with Crippen LogP contribution in [0.5, 0.6) is 0 Å². The van der Waals surface area contributed by atoms with Gasteiger partial charge >= 0.3 is 0 Å². The molecule has 3 nitrogen and oxygen atoms in total. The second-order valence-corrected chi connectivity index (χ2v) is 5.23. The van der Waals surface area contributed by atoms with E-state index >= 15 is 0 Å². The summed E-state index contributed by atoms with van der Waals surface area (Å²) in [5.74, 6) is 3.88. The topological polar surface area (TPSA) is 37.8 Å². The van der Waals surface area contributed by atoms with Crippen LogP contribution in [0, 0.1) is 17.8 Å². The zero-order chi connectivity index (χ0) is 10.8.